The fourth-order valence-electron chi connectivity index (χ4n) is 2.44. The minimum atomic E-state index is -0.173. The van der Waals surface area contributed by atoms with Crippen molar-refractivity contribution in [2.45, 2.75) is 57.6 Å². The zero-order valence-electron chi connectivity index (χ0n) is 11.5. The number of rotatable bonds is 5. The van der Waals surface area contributed by atoms with Crippen LogP contribution in [0.2, 0.25) is 0 Å². The number of hydrogen-bond donors (Lipinski definition) is 1. The highest BCUT2D eigenvalue weighted by molar-refractivity contribution is 5.04. The van der Waals surface area contributed by atoms with Gasteiger partial charge in [0.25, 0.3) is 0 Å². The van der Waals surface area contributed by atoms with Gasteiger partial charge >= 0.3 is 0 Å². The third-order valence-electron chi connectivity index (χ3n) is 3.66. The lowest BCUT2D eigenvalue weighted by atomic mass is 9.91. The van der Waals surface area contributed by atoms with Crippen LogP contribution in [-0.2, 0) is 10.3 Å². The molecule has 2 rings (SSSR count). The van der Waals surface area contributed by atoms with Gasteiger partial charge < -0.3 is 14.6 Å². The standard InChI is InChI=1S/C13H23N3O2/c1-4-7-10(17-3)11-15-12(18-16-11)13(2)8-5-6-9-14-13/h10,14H,4-9H2,1-3H3. The van der Waals surface area contributed by atoms with Crippen LogP contribution in [0.25, 0.3) is 0 Å². The monoisotopic (exact) mass is 253 g/mol. The topological polar surface area (TPSA) is 60.2 Å². The van der Waals surface area contributed by atoms with Crippen LogP contribution >= 0.6 is 0 Å². The summed E-state index contributed by atoms with van der Waals surface area (Å²) in [4.78, 5) is 4.53. The Morgan fingerprint density at radius 2 is 2.33 bits per heavy atom. The minimum Gasteiger partial charge on any atom is -0.373 e. The molecule has 0 aromatic carbocycles. The Kier molecular flexibility index (Phi) is 4.35. The third kappa shape index (κ3) is 2.72. The number of nitrogens with one attached hydrogen (secondary N) is 1. The fraction of sp³-hybridized carbons (Fsp3) is 0.846. The van der Waals surface area contributed by atoms with Crippen molar-refractivity contribution in [1.82, 2.24) is 15.5 Å². The maximum Gasteiger partial charge on any atom is 0.246 e. The van der Waals surface area contributed by atoms with E-state index in [1.54, 1.807) is 7.11 Å². The lowest BCUT2D eigenvalue weighted by Crippen LogP contribution is -2.43. The van der Waals surface area contributed by atoms with E-state index in [1.165, 1.54) is 12.8 Å². The molecule has 102 valence electrons. The van der Waals surface area contributed by atoms with Crippen molar-refractivity contribution in [3.8, 4) is 0 Å². The first-order chi connectivity index (χ1) is 8.69. The molecule has 1 aromatic heterocycles. The van der Waals surface area contributed by atoms with Gasteiger partial charge in [0.15, 0.2) is 0 Å². The largest absolute Gasteiger partial charge is 0.373 e. The Hall–Kier alpha value is -0.940. The van der Waals surface area contributed by atoms with Crippen LogP contribution in [0.5, 0.6) is 0 Å². The number of aromatic nitrogens is 2. The Balaban J connectivity index is 2.13. The fourth-order valence-corrected chi connectivity index (χ4v) is 2.44. The molecule has 5 heteroatoms. The van der Waals surface area contributed by atoms with E-state index < -0.39 is 0 Å². The summed E-state index contributed by atoms with van der Waals surface area (Å²) in [7, 11) is 1.69. The quantitative estimate of drug-likeness (QED) is 0.873. The molecule has 1 saturated heterocycles. The van der Waals surface area contributed by atoms with Crippen molar-refractivity contribution in [2.24, 2.45) is 0 Å². The second-order valence-electron chi connectivity index (χ2n) is 5.19. The molecule has 1 fully saturated rings. The highest BCUT2D eigenvalue weighted by Crippen LogP contribution is 2.30. The summed E-state index contributed by atoms with van der Waals surface area (Å²) in [6.07, 6.45) is 5.36. The maximum absolute atomic E-state index is 5.43. The Morgan fingerprint density at radius 1 is 1.50 bits per heavy atom. The molecule has 2 unspecified atom stereocenters. The molecule has 0 spiro atoms. The van der Waals surface area contributed by atoms with Crippen molar-refractivity contribution < 1.29 is 9.26 Å². The molecule has 2 atom stereocenters. The average Bonchev–Trinajstić information content (AvgIpc) is 2.87. The van der Waals surface area contributed by atoms with Crippen molar-refractivity contribution in [3.05, 3.63) is 11.7 Å². The van der Waals surface area contributed by atoms with E-state index in [1.807, 2.05) is 0 Å². The molecule has 2 heterocycles. The molecule has 0 aliphatic carbocycles. The molecule has 18 heavy (non-hydrogen) atoms. The number of ether oxygens (including phenoxy) is 1. The SMILES string of the molecule is CCCC(OC)c1noc(C2(C)CCCCN2)n1. The van der Waals surface area contributed by atoms with Crippen LogP contribution in [-0.4, -0.2) is 23.8 Å². The van der Waals surface area contributed by atoms with E-state index in [4.69, 9.17) is 9.26 Å². The first-order valence-electron chi connectivity index (χ1n) is 6.81. The van der Waals surface area contributed by atoms with Crippen LogP contribution in [0.3, 0.4) is 0 Å². The van der Waals surface area contributed by atoms with Crippen LogP contribution in [0, 0.1) is 0 Å². The molecular weight excluding hydrogens is 230 g/mol. The van der Waals surface area contributed by atoms with Gasteiger partial charge in [0, 0.05) is 7.11 Å². The van der Waals surface area contributed by atoms with E-state index in [9.17, 15) is 0 Å². The van der Waals surface area contributed by atoms with Crippen molar-refractivity contribution in [3.63, 3.8) is 0 Å². The second kappa shape index (κ2) is 5.80. The van der Waals surface area contributed by atoms with E-state index in [0.29, 0.717) is 11.7 Å². The van der Waals surface area contributed by atoms with Crippen LogP contribution in [0.4, 0.5) is 0 Å². The summed E-state index contributed by atoms with van der Waals surface area (Å²) >= 11 is 0. The normalized spacial score (nSPS) is 26.2. The summed E-state index contributed by atoms with van der Waals surface area (Å²) in [5.41, 5.74) is -0.173. The summed E-state index contributed by atoms with van der Waals surface area (Å²) in [5.74, 6) is 1.36. The van der Waals surface area contributed by atoms with Crippen molar-refractivity contribution >= 4 is 0 Å². The molecule has 1 aliphatic heterocycles. The van der Waals surface area contributed by atoms with E-state index in [-0.39, 0.29) is 11.6 Å². The Labute approximate surface area is 108 Å². The number of methoxy groups -OCH3 is 1. The lowest BCUT2D eigenvalue weighted by molar-refractivity contribution is 0.0854. The predicted octanol–water partition coefficient (Wildman–Crippen LogP) is 2.55. The van der Waals surface area contributed by atoms with Crippen molar-refractivity contribution in [1.29, 1.82) is 0 Å². The lowest BCUT2D eigenvalue weighted by Gasteiger charge is -2.31. The van der Waals surface area contributed by atoms with Gasteiger partial charge in [-0.05, 0) is 39.2 Å². The predicted molar refractivity (Wildman–Crippen MR) is 68.2 cm³/mol. The van der Waals surface area contributed by atoms with Crippen LogP contribution in [0.15, 0.2) is 4.52 Å². The summed E-state index contributed by atoms with van der Waals surface area (Å²) in [6.45, 7) is 5.26. The molecule has 0 radical (unpaired) electrons. The molecule has 0 amide bonds. The molecule has 0 saturated carbocycles. The second-order valence-corrected chi connectivity index (χ2v) is 5.19. The molecule has 1 aromatic rings. The maximum atomic E-state index is 5.43. The van der Waals surface area contributed by atoms with Gasteiger partial charge in [-0.15, -0.1) is 0 Å². The minimum absolute atomic E-state index is 0.0558. The molecule has 0 bridgehead atoms. The van der Waals surface area contributed by atoms with Gasteiger partial charge in [-0.25, -0.2) is 0 Å². The van der Waals surface area contributed by atoms with Crippen LogP contribution in [0.1, 0.15) is 63.8 Å². The number of nitrogens with zero attached hydrogens (tertiary/aromatic N) is 2. The molecular formula is C13H23N3O2. The third-order valence-corrected chi connectivity index (χ3v) is 3.66. The Bertz CT molecular complexity index is 372. The van der Waals surface area contributed by atoms with Gasteiger partial charge in [0.1, 0.15) is 6.10 Å². The van der Waals surface area contributed by atoms with Gasteiger partial charge in [-0.3, -0.25) is 0 Å². The van der Waals surface area contributed by atoms with Crippen molar-refractivity contribution in [2.75, 3.05) is 13.7 Å². The smallest absolute Gasteiger partial charge is 0.246 e. The zero-order valence-corrected chi connectivity index (χ0v) is 11.5. The number of hydrogen-bond acceptors (Lipinski definition) is 5. The van der Waals surface area contributed by atoms with E-state index in [2.05, 4.69) is 29.3 Å². The van der Waals surface area contributed by atoms with Gasteiger partial charge in [0.2, 0.25) is 11.7 Å². The van der Waals surface area contributed by atoms with Crippen LogP contribution < -0.4 is 5.32 Å². The Morgan fingerprint density at radius 3 is 2.94 bits per heavy atom. The molecule has 1 N–H and O–H groups in total. The molecule has 5 nitrogen and oxygen atoms in total. The first kappa shape index (κ1) is 13.5. The number of piperidine rings is 1. The summed E-state index contributed by atoms with van der Waals surface area (Å²) < 4.78 is 10.8. The highest BCUT2D eigenvalue weighted by Gasteiger charge is 2.34. The van der Waals surface area contributed by atoms with Gasteiger partial charge in [-0.2, -0.15) is 4.98 Å². The van der Waals surface area contributed by atoms with E-state index >= 15 is 0 Å². The highest BCUT2D eigenvalue weighted by atomic mass is 16.5. The average molecular weight is 253 g/mol. The summed E-state index contributed by atoms with van der Waals surface area (Å²) in [5, 5.41) is 7.55. The van der Waals surface area contributed by atoms with Gasteiger partial charge in [0.05, 0.1) is 5.54 Å². The van der Waals surface area contributed by atoms with E-state index in [0.717, 1.165) is 25.8 Å². The zero-order chi connectivity index (χ0) is 13.0. The molecule has 1 aliphatic rings. The van der Waals surface area contributed by atoms with Gasteiger partial charge in [-0.1, -0.05) is 18.5 Å². The summed E-state index contributed by atoms with van der Waals surface area (Å²) in [6, 6.07) is 0. The first-order valence-corrected chi connectivity index (χ1v) is 6.81.